The van der Waals surface area contributed by atoms with Crippen LogP contribution in [0.2, 0.25) is 0 Å². The van der Waals surface area contributed by atoms with Crippen molar-refractivity contribution >= 4 is 15.9 Å². The molecule has 25 heavy (non-hydrogen) atoms. The standard InChI is InChI=1S/C17H26N4O3S/c1-19(2)16(22)17-7-10-25(23,24)20(3)15(17)6-9-21(13-17)12-14-5-4-8-18-11-14/h4-5,8,11,15H,6-7,9-10,12-13H2,1-3H3/t15-,17+/m1/s1. The number of rotatable bonds is 3. The van der Waals surface area contributed by atoms with Gasteiger partial charge in [0.25, 0.3) is 0 Å². The fourth-order valence-corrected chi connectivity index (χ4v) is 5.84. The number of carbonyl (C=O) groups excluding carboxylic acids is 1. The van der Waals surface area contributed by atoms with Crippen LogP contribution in [0, 0.1) is 5.41 Å². The molecule has 8 heteroatoms. The highest BCUT2D eigenvalue weighted by atomic mass is 32.2. The first-order valence-electron chi connectivity index (χ1n) is 8.55. The van der Waals surface area contributed by atoms with Crippen molar-refractivity contribution in [1.29, 1.82) is 0 Å². The lowest BCUT2D eigenvalue weighted by Gasteiger charge is -2.53. The lowest BCUT2D eigenvalue weighted by molar-refractivity contribution is -0.148. The van der Waals surface area contributed by atoms with Crippen molar-refractivity contribution in [2.24, 2.45) is 5.41 Å². The van der Waals surface area contributed by atoms with E-state index in [1.165, 1.54) is 4.31 Å². The van der Waals surface area contributed by atoms with E-state index in [1.54, 1.807) is 32.2 Å². The molecule has 0 aliphatic carbocycles. The van der Waals surface area contributed by atoms with E-state index in [9.17, 15) is 13.2 Å². The summed E-state index contributed by atoms with van der Waals surface area (Å²) in [6.45, 7) is 2.06. The molecule has 2 saturated heterocycles. The Bertz CT molecular complexity index is 738. The number of piperidine rings is 1. The quantitative estimate of drug-likeness (QED) is 0.774. The number of amides is 1. The highest BCUT2D eigenvalue weighted by Crippen LogP contribution is 2.43. The number of fused-ring (bicyclic) bond motifs is 1. The van der Waals surface area contributed by atoms with E-state index in [-0.39, 0.29) is 17.7 Å². The predicted octanol–water partition coefficient (Wildman–Crippen LogP) is 0.396. The zero-order valence-electron chi connectivity index (χ0n) is 15.1. The fraction of sp³-hybridized carbons (Fsp3) is 0.647. The summed E-state index contributed by atoms with van der Waals surface area (Å²) in [7, 11) is 1.84. The number of pyridine rings is 1. The SMILES string of the molecule is CN(C)C(=O)[C@]12CCS(=O)(=O)N(C)[C@@H]1CCN(Cc1cccnc1)C2. The summed E-state index contributed by atoms with van der Waals surface area (Å²) < 4.78 is 26.1. The number of hydrogen-bond donors (Lipinski definition) is 0. The molecular weight excluding hydrogens is 340 g/mol. The van der Waals surface area contributed by atoms with E-state index in [0.29, 0.717) is 19.4 Å². The van der Waals surface area contributed by atoms with Gasteiger partial charge in [0.2, 0.25) is 15.9 Å². The Labute approximate surface area is 149 Å². The first-order chi connectivity index (χ1) is 11.8. The first kappa shape index (κ1) is 18.3. The Hall–Kier alpha value is -1.51. The second-order valence-electron chi connectivity index (χ2n) is 7.31. The number of nitrogens with zero attached hydrogens (tertiary/aromatic N) is 4. The molecule has 1 aromatic heterocycles. The Morgan fingerprint density at radius 1 is 1.44 bits per heavy atom. The van der Waals surface area contributed by atoms with Crippen LogP contribution >= 0.6 is 0 Å². The molecule has 0 bridgehead atoms. The van der Waals surface area contributed by atoms with Gasteiger partial charge in [-0.05, 0) is 24.5 Å². The summed E-state index contributed by atoms with van der Waals surface area (Å²) >= 11 is 0. The monoisotopic (exact) mass is 366 g/mol. The fourth-order valence-electron chi connectivity index (χ4n) is 4.24. The van der Waals surface area contributed by atoms with Crippen molar-refractivity contribution in [2.75, 3.05) is 40.0 Å². The topological polar surface area (TPSA) is 73.8 Å². The molecule has 3 rings (SSSR count). The van der Waals surface area contributed by atoms with Crippen molar-refractivity contribution in [3.05, 3.63) is 30.1 Å². The molecule has 2 fully saturated rings. The minimum Gasteiger partial charge on any atom is -0.348 e. The van der Waals surface area contributed by atoms with Crippen LogP contribution in [-0.4, -0.2) is 79.4 Å². The minimum absolute atomic E-state index is 0.0233. The molecule has 2 aliphatic rings. The van der Waals surface area contributed by atoms with Gasteiger partial charge in [-0.15, -0.1) is 0 Å². The van der Waals surface area contributed by atoms with Gasteiger partial charge >= 0.3 is 0 Å². The summed E-state index contributed by atoms with van der Waals surface area (Å²) in [6, 6.07) is 3.66. The molecule has 138 valence electrons. The number of likely N-dealkylation sites (tertiary alicyclic amines) is 1. The number of hydrogen-bond acceptors (Lipinski definition) is 5. The van der Waals surface area contributed by atoms with Crippen LogP contribution in [-0.2, 0) is 21.4 Å². The molecule has 0 N–H and O–H groups in total. The van der Waals surface area contributed by atoms with Crippen LogP contribution in [0.5, 0.6) is 0 Å². The summed E-state index contributed by atoms with van der Waals surface area (Å²) in [4.78, 5) is 21.1. The lowest BCUT2D eigenvalue weighted by atomic mass is 9.72. The maximum absolute atomic E-state index is 13.1. The third kappa shape index (κ3) is 3.30. The average molecular weight is 366 g/mol. The number of aromatic nitrogens is 1. The molecule has 0 radical (unpaired) electrons. The van der Waals surface area contributed by atoms with Crippen LogP contribution in [0.25, 0.3) is 0 Å². The Morgan fingerprint density at radius 2 is 2.20 bits per heavy atom. The summed E-state index contributed by atoms with van der Waals surface area (Å²) in [6.07, 6.45) is 4.62. The summed E-state index contributed by atoms with van der Waals surface area (Å²) in [5.41, 5.74) is 0.425. The van der Waals surface area contributed by atoms with E-state index in [4.69, 9.17) is 0 Å². The molecule has 3 heterocycles. The Balaban J connectivity index is 1.89. The van der Waals surface area contributed by atoms with Crippen molar-refractivity contribution in [2.45, 2.75) is 25.4 Å². The van der Waals surface area contributed by atoms with Crippen LogP contribution in [0.4, 0.5) is 0 Å². The van der Waals surface area contributed by atoms with Crippen molar-refractivity contribution in [3.8, 4) is 0 Å². The second-order valence-corrected chi connectivity index (χ2v) is 9.46. The highest BCUT2D eigenvalue weighted by molar-refractivity contribution is 7.89. The zero-order valence-corrected chi connectivity index (χ0v) is 15.9. The maximum Gasteiger partial charge on any atom is 0.231 e. The van der Waals surface area contributed by atoms with Gasteiger partial charge in [-0.2, -0.15) is 0 Å². The van der Waals surface area contributed by atoms with Gasteiger partial charge in [-0.3, -0.25) is 14.7 Å². The van der Waals surface area contributed by atoms with Gasteiger partial charge in [0.15, 0.2) is 0 Å². The summed E-state index contributed by atoms with van der Waals surface area (Å²) in [5.74, 6) is 0.0514. The molecule has 0 unspecified atom stereocenters. The third-order valence-corrected chi connectivity index (χ3v) is 7.36. The van der Waals surface area contributed by atoms with Gasteiger partial charge in [0.05, 0.1) is 11.2 Å². The largest absolute Gasteiger partial charge is 0.348 e. The van der Waals surface area contributed by atoms with Gasteiger partial charge in [-0.25, -0.2) is 12.7 Å². The third-order valence-electron chi connectivity index (χ3n) is 5.51. The van der Waals surface area contributed by atoms with Gasteiger partial charge < -0.3 is 4.90 Å². The zero-order chi connectivity index (χ0) is 18.2. The van der Waals surface area contributed by atoms with E-state index < -0.39 is 15.4 Å². The molecule has 1 aromatic rings. The molecule has 0 spiro atoms. The average Bonchev–Trinajstić information content (AvgIpc) is 2.59. The molecular formula is C17H26N4O3S. The van der Waals surface area contributed by atoms with Gasteiger partial charge in [-0.1, -0.05) is 6.07 Å². The Morgan fingerprint density at radius 3 is 2.84 bits per heavy atom. The van der Waals surface area contributed by atoms with Crippen molar-refractivity contribution in [3.63, 3.8) is 0 Å². The highest BCUT2D eigenvalue weighted by Gasteiger charge is 2.56. The summed E-state index contributed by atoms with van der Waals surface area (Å²) in [5, 5.41) is 0. The smallest absolute Gasteiger partial charge is 0.231 e. The van der Waals surface area contributed by atoms with Gasteiger partial charge in [0, 0.05) is 59.2 Å². The van der Waals surface area contributed by atoms with E-state index in [1.807, 2.05) is 18.3 Å². The molecule has 7 nitrogen and oxygen atoms in total. The van der Waals surface area contributed by atoms with Gasteiger partial charge in [0.1, 0.15) is 0 Å². The van der Waals surface area contributed by atoms with E-state index in [0.717, 1.165) is 18.7 Å². The minimum atomic E-state index is -3.27. The normalized spacial score (nSPS) is 29.8. The molecule has 0 saturated carbocycles. The maximum atomic E-state index is 13.1. The van der Waals surface area contributed by atoms with Crippen LogP contribution in [0.1, 0.15) is 18.4 Å². The molecule has 1 amide bonds. The van der Waals surface area contributed by atoms with Crippen LogP contribution in [0.15, 0.2) is 24.5 Å². The molecule has 2 atom stereocenters. The predicted molar refractivity (Wildman–Crippen MR) is 95.2 cm³/mol. The second kappa shape index (κ2) is 6.66. The first-order valence-corrected chi connectivity index (χ1v) is 10.2. The number of carbonyl (C=O) groups is 1. The molecule has 0 aromatic carbocycles. The van der Waals surface area contributed by atoms with Crippen LogP contribution in [0.3, 0.4) is 0 Å². The lowest BCUT2D eigenvalue weighted by Crippen LogP contribution is -2.66. The van der Waals surface area contributed by atoms with Crippen LogP contribution < -0.4 is 0 Å². The van der Waals surface area contributed by atoms with E-state index >= 15 is 0 Å². The van der Waals surface area contributed by atoms with Crippen molar-refractivity contribution in [1.82, 2.24) is 19.1 Å². The molecule has 2 aliphatic heterocycles. The Kier molecular flexibility index (Phi) is 4.87. The van der Waals surface area contributed by atoms with E-state index in [2.05, 4.69) is 9.88 Å². The van der Waals surface area contributed by atoms with Crippen molar-refractivity contribution < 1.29 is 13.2 Å². The number of sulfonamides is 1.